The standard InChI is InChI=1S/C28H25Cl3N4O3S/c1-18-9-10-23(30)15-27(18)34(39(37,38)24-7-5-4-6-8-24)17-28(36)33-32-16-21-13-19(2)35(20(21)3)26-12-11-22(29)14-25(26)31/h4-16H,17H2,1-3H3,(H,33,36)/b32-16-. The Kier molecular flexibility index (Phi) is 8.71. The molecule has 0 aliphatic carbocycles. The van der Waals surface area contributed by atoms with Gasteiger partial charge in [0.05, 0.1) is 27.5 Å². The molecule has 1 amide bonds. The van der Waals surface area contributed by atoms with Gasteiger partial charge in [-0.3, -0.25) is 9.10 Å². The lowest BCUT2D eigenvalue weighted by Gasteiger charge is -2.25. The molecular weight excluding hydrogens is 579 g/mol. The number of aromatic nitrogens is 1. The van der Waals surface area contributed by atoms with Crippen molar-refractivity contribution in [3.05, 3.63) is 110 Å². The number of rotatable bonds is 8. The summed E-state index contributed by atoms with van der Waals surface area (Å²) in [5, 5.41) is 5.47. The van der Waals surface area contributed by atoms with Crippen LogP contribution < -0.4 is 9.73 Å². The first kappa shape index (κ1) is 28.7. The summed E-state index contributed by atoms with van der Waals surface area (Å²) in [7, 11) is -4.08. The van der Waals surface area contributed by atoms with Crippen LogP contribution in [-0.4, -0.2) is 31.7 Å². The lowest BCUT2D eigenvalue weighted by atomic mass is 10.2. The molecule has 0 saturated carbocycles. The Labute approximate surface area is 242 Å². The zero-order chi connectivity index (χ0) is 28.3. The second kappa shape index (κ2) is 11.8. The van der Waals surface area contributed by atoms with Crippen molar-refractivity contribution in [1.82, 2.24) is 9.99 Å². The third-order valence-corrected chi connectivity index (χ3v) is 8.62. The molecule has 4 rings (SSSR count). The largest absolute Gasteiger partial charge is 0.316 e. The van der Waals surface area contributed by atoms with Crippen LogP contribution in [0.15, 0.2) is 82.8 Å². The number of benzene rings is 3. The minimum atomic E-state index is -4.08. The Bertz CT molecular complexity index is 1670. The molecule has 1 aromatic heterocycles. The summed E-state index contributed by atoms with van der Waals surface area (Å²) >= 11 is 18.6. The van der Waals surface area contributed by atoms with Crippen LogP contribution in [0.4, 0.5) is 5.69 Å². The summed E-state index contributed by atoms with van der Waals surface area (Å²) in [4.78, 5) is 13.0. The lowest BCUT2D eigenvalue weighted by Crippen LogP contribution is -2.40. The topological polar surface area (TPSA) is 83.8 Å². The summed E-state index contributed by atoms with van der Waals surface area (Å²) in [6.07, 6.45) is 1.50. The fraction of sp³-hybridized carbons (Fsp3) is 0.143. The highest BCUT2D eigenvalue weighted by molar-refractivity contribution is 7.92. The second-order valence-electron chi connectivity index (χ2n) is 8.81. The molecule has 0 aliphatic heterocycles. The number of aryl methyl sites for hydroxylation is 2. The van der Waals surface area contributed by atoms with E-state index >= 15 is 0 Å². The van der Waals surface area contributed by atoms with Crippen LogP contribution in [0.5, 0.6) is 0 Å². The molecule has 7 nitrogen and oxygen atoms in total. The third-order valence-electron chi connectivity index (χ3n) is 6.07. The normalized spacial score (nSPS) is 11.6. The van der Waals surface area contributed by atoms with E-state index in [0.717, 1.165) is 26.9 Å². The summed E-state index contributed by atoms with van der Waals surface area (Å²) < 4.78 is 30.1. The van der Waals surface area contributed by atoms with E-state index in [-0.39, 0.29) is 4.90 Å². The van der Waals surface area contributed by atoms with Crippen LogP contribution in [-0.2, 0) is 14.8 Å². The number of anilines is 1. The van der Waals surface area contributed by atoms with Crippen molar-refractivity contribution in [1.29, 1.82) is 0 Å². The van der Waals surface area contributed by atoms with Gasteiger partial charge < -0.3 is 4.57 Å². The van der Waals surface area contributed by atoms with E-state index in [0.29, 0.717) is 26.3 Å². The molecule has 0 spiro atoms. The number of sulfonamides is 1. The van der Waals surface area contributed by atoms with Gasteiger partial charge in [-0.15, -0.1) is 0 Å². The van der Waals surface area contributed by atoms with Crippen LogP contribution >= 0.6 is 34.8 Å². The van der Waals surface area contributed by atoms with Crippen molar-refractivity contribution in [2.24, 2.45) is 5.10 Å². The molecule has 0 atom stereocenters. The fourth-order valence-electron chi connectivity index (χ4n) is 4.16. The van der Waals surface area contributed by atoms with E-state index < -0.39 is 22.5 Å². The Morgan fingerprint density at radius 3 is 2.31 bits per heavy atom. The molecule has 39 heavy (non-hydrogen) atoms. The SMILES string of the molecule is Cc1ccc(Cl)cc1N(CC(=O)N/N=C\c1cc(C)n(-c2ccc(Cl)cc2Cl)c1C)S(=O)(=O)c1ccccc1. The number of hydrogen-bond donors (Lipinski definition) is 1. The maximum Gasteiger partial charge on any atom is 0.264 e. The van der Waals surface area contributed by atoms with Gasteiger partial charge in [-0.1, -0.05) is 59.1 Å². The molecule has 3 aromatic carbocycles. The highest BCUT2D eigenvalue weighted by Crippen LogP contribution is 2.30. The Balaban J connectivity index is 1.58. The zero-order valence-corrected chi connectivity index (χ0v) is 24.4. The third kappa shape index (κ3) is 6.31. The van der Waals surface area contributed by atoms with Gasteiger partial charge >= 0.3 is 0 Å². The van der Waals surface area contributed by atoms with E-state index in [1.165, 1.54) is 24.4 Å². The van der Waals surface area contributed by atoms with E-state index in [1.807, 2.05) is 30.5 Å². The molecule has 0 fully saturated rings. The molecule has 1 N–H and O–H groups in total. The van der Waals surface area contributed by atoms with Crippen LogP contribution in [0, 0.1) is 20.8 Å². The molecule has 0 saturated heterocycles. The van der Waals surface area contributed by atoms with Crippen LogP contribution in [0.3, 0.4) is 0 Å². The van der Waals surface area contributed by atoms with Crippen LogP contribution in [0.1, 0.15) is 22.5 Å². The van der Waals surface area contributed by atoms with Gasteiger partial charge in [0.15, 0.2) is 0 Å². The number of nitrogens with one attached hydrogen (secondary N) is 1. The van der Waals surface area contributed by atoms with Gasteiger partial charge in [0.2, 0.25) is 0 Å². The van der Waals surface area contributed by atoms with Gasteiger partial charge in [-0.25, -0.2) is 13.8 Å². The highest BCUT2D eigenvalue weighted by Gasteiger charge is 2.28. The molecule has 0 bridgehead atoms. The maximum absolute atomic E-state index is 13.5. The van der Waals surface area contributed by atoms with Crippen molar-refractivity contribution >= 4 is 62.6 Å². The van der Waals surface area contributed by atoms with E-state index in [9.17, 15) is 13.2 Å². The van der Waals surface area contributed by atoms with Gasteiger partial charge in [0.1, 0.15) is 6.54 Å². The molecular formula is C28H25Cl3N4O3S. The molecule has 0 radical (unpaired) electrons. The lowest BCUT2D eigenvalue weighted by molar-refractivity contribution is -0.119. The second-order valence-corrected chi connectivity index (χ2v) is 11.9. The Morgan fingerprint density at radius 2 is 1.62 bits per heavy atom. The van der Waals surface area contributed by atoms with E-state index in [1.54, 1.807) is 49.4 Å². The van der Waals surface area contributed by atoms with Crippen molar-refractivity contribution in [3.63, 3.8) is 0 Å². The summed E-state index contributed by atoms with van der Waals surface area (Å²) in [6.45, 7) is 5.07. The van der Waals surface area contributed by atoms with Crippen molar-refractivity contribution in [2.75, 3.05) is 10.8 Å². The summed E-state index contributed by atoms with van der Waals surface area (Å²) in [5.74, 6) is -0.625. The predicted octanol–water partition coefficient (Wildman–Crippen LogP) is 6.71. The molecule has 0 unspecified atom stereocenters. The quantitative estimate of drug-likeness (QED) is 0.180. The smallest absolute Gasteiger partial charge is 0.264 e. The first-order valence-corrected chi connectivity index (χ1v) is 14.4. The van der Waals surface area contributed by atoms with Crippen molar-refractivity contribution < 1.29 is 13.2 Å². The average Bonchev–Trinajstić information content (AvgIpc) is 3.17. The van der Waals surface area contributed by atoms with Crippen molar-refractivity contribution in [3.8, 4) is 5.69 Å². The number of hydrazone groups is 1. The minimum absolute atomic E-state index is 0.0500. The predicted molar refractivity (Wildman–Crippen MR) is 158 cm³/mol. The van der Waals surface area contributed by atoms with Gasteiger partial charge in [0, 0.05) is 27.0 Å². The van der Waals surface area contributed by atoms with Crippen LogP contribution in [0.25, 0.3) is 5.69 Å². The van der Waals surface area contributed by atoms with Gasteiger partial charge in [0.25, 0.3) is 15.9 Å². The zero-order valence-electron chi connectivity index (χ0n) is 21.3. The number of carbonyl (C=O) groups is 1. The first-order chi connectivity index (χ1) is 18.5. The number of halogens is 3. The number of carbonyl (C=O) groups excluding carboxylic acids is 1. The first-order valence-electron chi connectivity index (χ1n) is 11.8. The minimum Gasteiger partial charge on any atom is -0.316 e. The summed E-state index contributed by atoms with van der Waals surface area (Å²) in [5.41, 5.74) is 6.64. The molecule has 1 heterocycles. The van der Waals surface area contributed by atoms with Gasteiger partial charge in [-0.2, -0.15) is 5.10 Å². The Morgan fingerprint density at radius 1 is 0.949 bits per heavy atom. The van der Waals surface area contributed by atoms with Crippen molar-refractivity contribution in [2.45, 2.75) is 25.7 Å². The van der Waals surface area contributed by atoms with Crippen LogP contribution in [0.2, 0.25) is 15.1 Å². The average molecular weight is 604 g/mol. The molecule has 202 valence electrons. The fourth-order valence-corrected chi connectivity index (χ4v) is 6.32. The number of hydrogen-bond acceptors (Lipinski definition) is 4. The summed E-state index contributed by atoms with van der Waals surface area (Å²) in [6, 6.07) is 19.9. The number of nitrogens with zero attached hydrogens (tertiary/aromatic N) is 3. The molecule has 4 aromatic rings. The molecule has 11 heteroatoms. The highest BCUT2D eigenvalue weighted by atomic mass is 35.5. The molecule has 0 aliphatic rings. The van der Waals surface area contributed by atoms with Gasteiger partial charge in [-0.05, 0) is 74.9 Å². The van der Waals surface area contributed by atoms with E-state index in [2.05, 4.69) is 10.5 Å². The number of amides is 1. The van der Waals surface area contributed by atoms with E-state index in [4.69, 9.17) is 34.8 Å². The monoisotopic (exact) mass is 602 g/mol. The maximum atomic E-state index is 13.5. The Hall–Kier alpha value is -3.30.